The number of rotatable bonds is 5. The van der Waals surface area contributed by atoms with Gasteiger partial charge in [-0.25, -0.2) is 0 Å². The normalized spacial score (nSPS) is 20.0. The van der Waals surface area contributed by atoms with Crippen LogP contribution in [0.25, 0.3) is 0 Å². The number of carbonyl (C=O) groups excluding carboxylic acids is 2. The third-order valence-corrected chi connectivity index (χ3v) is 3.70. The van der Waals surface area contributed by atoms with Crippen molar-refractivity contribution >= 4 is 11.8 Å². The Labute approximate surface area is 125 Å². The van der Waals surface area contributed by atoms with Gasteiger partial charge in [-0.05, 0) is 26.1 Å². The molecule has 2 unspecified atom stereocenters. The highest BCUT2D eigenvalue weighted by molar-refractivity contribution is 5.83. The average Bonchev–Trinajstić information content (AvgIpc) is 2.47. The first-order chi connectivity index (χ1) is 10.1. The van der Waals surface area contributed by atoms with Crippen molar-refractivity contribution in [1.82, 2.24) is 15.5 Å². The Bertz CT molecular complexity index is 478. The minimum absolute atomic E-state index is 0.0192. The lowest BCUT2D eigenvalue weighted by Gasteiger charge is -2.27. The Morgan fingerprint density at radius 1 is 1.38 bits per heavy atom. The molecular weight excluding hydrogens is 266 g/mol. The highest BCUT2D eigenvalue weighted by Gasteiger charge is 2.26. The van der Waals surface area contributed by atoms with Crippen molar-refractivity contribution in [3.05, 3.63) is 35.9 Å². The number of hydrogen-bond donors (Lipinski definition) is 2. The van der Waals surface area contributed by atoms with Gasteiger partial charge in [0, 0.05) is 19.5 Å². The molecule has 2 rings (SSSR count). The Morgan fingerprint density at radius 3 is 2.67 bits per heavy atom. The molecule has 0 aliphatic carbocycles. The third kappa shape index (κ3) is 4.56. The van der Waals surface area contributed by atoms with E-state index in [-0.39, 0.29) is 23.8 Å². The van der Waals surface area contributed by atoms with E-state index >= 15 is 0 Å². The van der Waals surface area contributed by atoms with Gasteiger partial charge in [-0.2, -0.15) is 0 Å². The summed E-state index contributed by atoms with van der Waals surface area (Å²) in [5.41, 5.74) is 1.10. The van der Waals surface area contributed by atoms with E-state index in [0.29, 0.717) is 19.4 Å². The van der Waals surface area contributed by atoms with E-state index < -0.39 is 0 Å². The van der Waals surface area contributed by atoms with Crippen molar-refractivity contribution in [2.75, 3.05) is 27.2 Å². The fraction of sp³-hybridized carbons (Fsp3) is 0.500. The van der Waals surface area contributed by atoms with Crippen molar-refractivity contribution in [3.8, 4) is 0 Å². The smallest absolute Gasteiger partial charge is 0.225 e. The van der Waals surface area contributed by atoms with Crippen LogP contribution in [0.1, 0.15) is 24.4 Å². The predicted octanol–water partition coefficient (Wildman–Crippen LogP) is 0.932. The van der Waals surface area contributed by atoms with Crippen LogP contribution in [0.5, 0.6) is 0 Å². The largest absolute Gasteiger partial charge is 0.355 e. The molecule has 0 bridgehead atoms. The van der Waals surface area contributed by atoms with Crippen LogP contribution in [-0.4, -0.2) is 43.9 Å². The van der Waals surface area contributed by atoms with E-state index in [4.69, 9.17) is 0 Å². The Morgan fingerprint density at radius 2 is 2.10 bits per heavy atom. The summed E-state index contributed by atoms with van der Waals surface area (Å²) >= 11 is 0. The van der Waals surface area contributed by atoms with Crippen molar-refractivity contribution < 1.29 is 9.59 Å². The first kappa shape index (κ1) is 15.5. The summed E-state index contributed by atoms with van der Waals surface area (Å²) in [6.07, 6.45) is 1.06. The quantitative estimate of drug-likeness (QED) is 0.848. The molecule has 21 heavy (non-hydrogen) atoms. The third-order valence-electron chi connectivity index (χ3n) is 3.70. The van der Waals surface area contributed by atoms with E-state index in [9.17, 15) is 9.59 Å². The molecule has 1 aliphatic rings. The molecule has 0 saturated carbocycles. The standard InChI is InChI=1S/C16H23N3O2/c1-19(2)11-14(12-6-4-3-5-7-12)18-16(21)13-8-9-15(20)17-10-13/h3-7,13-14H,8-11H2,1-2H3,(H,17,20)(H,18,21). The number of amides is 2. The number of nitrogens with zero attached hydrogens (tertiary/aromatic N) is 1. The van der Waals surface area contributed by atoms with E-state index in [1.165, 1.54) is 0 Å². The van der Waals surface area contributed by atoms with Gasteiger partial charge < -0.3 is 15.5 Å². The fourth-order valence-electron chi connectivity index (χ4n) is 2.53. The van der Waals surface area contributed by atoms with Gasteiger partial charge in [-0.1, -0.05) is 30.3 Å². The minimum Gasteiger partial charge on any atom is -0.355 e. The summed E-state index contributed by atoms with van der Waals surface area (Å²) in [5.74, 6) is -0.0753. The SMILES string of the molecule is CN(C)CC(NC(=O)C1CCC(=O)NC1)c1ccccc1. The molecule has 1 heterocycles. The number of nitrogens with one attached hydrogen (secondary N) is 2. The zero-order valence-electron chi connectivity index (χ0n) is 12.6. The molecule has 0 radical (unpaired) electrons. The molecule has 0 aromatic heterocycles. The lowest BCUT2D eigenvalue weighted by atomic mass is 9.97. The monoisotopic (exact) mass is 289 g/mol. The van der Waals surface area contributed by atoms with Gasteiger partial charge in [0.2, 0.25) is 11.8 Å². The summed E-state index contributed by atoms with van der Waals surface area (Å²) < 4.78 is 0. The number of piperidine rings is 1. The lowest BCUT2D eigenvalue weighted by molar-refractivity contribution is -0.129. The summed E-state index contributed by atoms with van der Waals surface area (Å²) in [7, 11) is 3.98. The van der Waals surface area contributed by atoms with Gasteiger partial charge in [0.05, 0.1) is 12.0 Å². The Kier molecular flexibility index (Phi) is 5.33. The van der Waals surface area contributed by atoms with E-state index in [1.807, 2.05) is 44.4 Å². The van der Waals surface area contributed by atoms with Crippen LogP contribution in [0.2, 0.25) is 0 Å². The van der Waals surface area contributed by atoms with E-state index in [2.05, 4.69) is 15.5 Å². The number of carbonyl (C=O) groups is 2. The van der Waals surface area contributed by atoms with Crippen LogP contribution >= 0.6 is 0 Å². The molecule has 5 heteroatoms. The summed E-state index contributed by atoms with van der Waals surface area (Å²) in [4.78, 5) is 25.6. The van der Waals surface area contributed by atoms with Crippen LogP contribution < -0.4 is 10.6 Å². The molecule has 1 aromatic carbocycles. The molecule has 5 nitrogen and oxygen atoms in total. The second-order valence-electron chi connectivity index (χ2n) is 5.77. The maximum Gasteiger partial charge on any atom is 0.225 e. The number of hydrogen-bond acceptors (Lipinski definition) is 3. The van der Waals surface area contributed by atoms with Crippen molar-refractivity contribution in [2.45, 2.75) is 18.9 Å². The predicted molar refractivity (Wildman–Crippen MR) is 81.6 cm³/mol. The summed E-state index contributed by atoms with van der Waals surface area (Å²) in [5, 5.41) is 5.87. The molecule has 2 N–H and O–H groups in total. The molecule has 1 aromatic rings. The molecule has 1 saturated heterocycles. The van der Waals surface area contributed by atoms with Gasteiger partial charge in [-0.3, -0.25) is 9.59 Å². The zero-order valence-corrected chi connectivity index (χ0v) is 12.6. The van der Waals surface area contributed by atoms with Gasteiger partial charge in [0.1, 0.15) is 0 Å². The molecule has 114 valence electrons. The van der Waals surface area contributed by atoms with E-state index in [1.54, 1.807) is 0 Å². The summed E-state index contributed by atoms with van der Waals surface area (Å²) in [6.45, 7) is 1.18. The molecular formula is C16H23N3O2. The van der Waals surface area contributed by atoms with Crippen molar-refractivity contribution in [2.24, 2.45) is 5.92 Å². The molecule has 1 aliphatic heterocycles. The van der Waals surface area contributed by atoms with Crippen LogP contribution in [0.4, 0.5) is 0 Å². The molecule has 0 spiro atoms. The second kappa shape index (κ2) is 7.22. The van der Waals surface area contributed by atoms with Crippen LogP contribution in [0.3, 0.4) is 0 Å². The van der Waals surface area contributed by atoms with Crippen LogP contribution in [0, 0.1) is 5.92 Å². The number of benzene rings is 1. The van der Waals surface area contributed by atoms with Crippen LogP contribution in [-0.2, 0) is 9.59 Å². The van der Waals surface area contributed by atoms with Gasteiger partial charge in [0.25, 0.3) is 0 Å². The average molecular weight is 289 g/mol. The Balaban J connectivity index is 2.01. The molecule has 1 fully saturated rings. The second-order valence-corrected chi connectivity index (χ2v) is 5.77. The lowest BCUT2D eigenvalue weighted by Crippen LogP contribution is -2.45. The Hall–Kier alpha value is -1.88. The zero-order chi connectivity index (χ0) is 15.2. The molecule has 2 amide bonds. The number of likely N-dealkylation sites (N-methyl/N-ethyl adjacent to an activating group) is 1. The minimum atomic E-state index is -0.129. The topological polar surface area (TPSA) is 61.4 Å². The molecule has 2 atom stereocenters. The van der Waals surface area contributed by atoms with Gasteiger partial charge in [0.15, 0.2) is 0 Å². The van der Waals surface area contributed by atoms with Crippen molar-refractivity contribution in [1.29, 1.82) is 0 Å². The van der Waals surface area contributed by atoms with Gasteiger partial charge >= 0.3 is 0 Å². The first-order valence-corrected chi connectivity index (χ1v) is 7.33. The van der Waals surface area contributed by atoms with Crippen LogP contribution in [0.15, 0.2) is 30.3 Å². The highest BCUT2D eigenvalue weighted by Crippen LogP contribution is 2.17. The maximum atomic E-state index is 12.4. The maximum absolute atomic E-state index is 12.4. The van der Waals surface area contributed by atoms with E-state index in [0.717, 1.165) is 12.1 Å². The van der Waals surface area contributed by atoms with Gasteiger partial charge in [-0.15, -0.1) is 0 Å². The van der Waals surface area contributed by atoms with Crippen molar-refractivity contribution in [3.63, 3.8) is 0 Å². The first-order valence-electron chi connectivity index (χ1n) is 7.33. The highest BCUT2D eigenvalue weighted by atomic mass is 16.2. The fourth-order valence-corrected chi connectivity index (χ4v) is 2.53. The summed E-state index contributed by atoms with van der Waals surface area (Å²) in [6, 6.07) is 9.94.